The molecule has 1 aliphatic carbocycles. The maximum atomic E-state index is 12.9. The fourth-order valence-corrected chi connectivity index (χ4v) is 1.90. The van der Waals surface area contributed by atoms with Crippen LogP contribution in [0, 0.1) is 0 Å². The molecular weight excluding hydrogens is 229 g/mol. The fourth-order valence-electron chi connectivity index (χ4n) is 1.90. The molecule has 1 saturated carbocycles. The van der Waals surface area contributed by atoms with Gasteiger partial charge in [-0.1, -0.05) is 6.07 Å². The molecular formula is C12H15F3N2. The van der Waals surface area contributed by atoms with E-state index in [1.807, 2.05) is 0 Å². The van der Waals surface area contributed by atoms with Gasteiger partial charge in [0.2, 0.25) is 0 Å². The molecule has 0 aromatic heterocycles. The van der Waals surface area contributed by atoms with Gasteiger partial charge in [0.05, 0.1) is 5.56 Å². The number of hydrogen-bond acceptors (Lipinski definition) is 2. The molecule has 0 saturated heterocycles. The predicted molar refractivity (Wildman–Crippen MR) is 60.8 cm³/mol. The van der Waals surface area contributed by atoms with Gasteiger partial charge in [-0.05, 0) is 30.5 Å². The third kappa shape index (κ3) is 2.54. The van der Waals surface area contributed by atoms with Gasteiger partial charge in [-0.3, -0.25) is 0 Å². The summed E-state index contributed by atoms with van der Waals surface area (Å²) in [6.07, 6.45) is -2.40. The van der Waals surface area contributed by atoms with Gasteiger partial charge in [-0.25, -0.2) is 0 Å². The normalized spacial score (nSPS) is 16.1. The van der Waals surface area contributed by atoms with E-state index < -0.39 is 11.7 Å². The maximum Gasteiger partial charge on any atom is 0.418 e. The van der Waals surface area contributed by atoms with Crippen LogP contribution in [0.15, 0.2) is 18.2 Å². The van der Waals surface area contributed by atoms with Crippen molar-refractivity contribution in [2.24, 2.45) is 5.73 Å². The van der Waals surface area contributed by atoms with Crippen LogP contribution in [0.5, 0.6) is 0 Å². The topological polar surface area (TPSA) is 29.3 Å². The molecule has 17 heavy (non-hydrogen) atoms. The van der Waals surface area contributed by atoms with Crippen molar-refractivity contribution in [3.8, 4) is 0 Å². The molecule has 94 valence electrons. The highest BCUT2D eigenvalue weighted by Crippen LogP contribution is 2.40. The molecule has 0 bridgehead atoms. The molecule has 0 amide bonds. The Balaban J connectivity index is 2.42. The van der Waals surface area contributed by atoms with Gasteiger partial charge >= 0.3 is 6.18 Å². The van der Waals surface area contributed by atoms with Crippen LogP contribution in [-0.4, -0.2) is 13.1 Å². The summed E-state index contributed by atoms with van der Waals surface area (Å²) in [6, 6.07) is 4.57. The number of alkyl halides is 3. The van der Waals surface area contributed by atoms with Gasteiger partial charge in [-0.2, -0.15) is 13.2 Å². The second-order valence-electron chi connectivity index (χ2n) is 4.40. The SMILES string of the molecule is CN(c1ccc(CN)cc1C(F)(F)F)C1CC1. The van der Waals surface area contributed by atoms with E-state index in [9.17, 15) is 13.2 Å². The zero-order valence-electron chi connectivity index (χ0n) is 9.59. The zero-order chi connectivity index (χ0) is 12.6. The third-order valence-electron chi connectivity index (χ3n) is 3.08. The highest BCUT2D eigenvalue weighted by molar-refractivity contribution is 5.57. The zero-order valence-corrected chi connectivity index (χ0v) is 9.59. The summed E-state index contributed by atoms with van der Waals surface area (Å²) in [6.45, 7) is 0.122. The highest BCUT2D eigenvalue weighted by Gasteiger charge is 2.37. The molecule has 0 spiro atoms. The van der Waals surface area contributed by atoms with Crippen LogP contribution in [0.3, 0.4) is 0 Å². The second kappa shape index (κ2) is 4.22. The Morgan fingerprint density at radius 2 is 2.00 bits per heavy atom. The summed E-state index contributed by atoms with van der Waals surface area (Å²) in [5.74, 6) is 0. The molecule has 1 aromatic rings. The van der Waals surface area contributed by atoms with Crippen molar-refractivity contribution in [1.29, 1.82) is 0 Å². The highest BCUT2D eigenvalue weighted by atomic mass is 19.4. The largest absolute Gasteiger partial charge is 0.418 e. The van der Waals surface area contributed by atoms with E-state index in [0.29, 0.717) is 5.56 Å². The van der Waals surface area contributed by atoms with E-state index in [-0.39, 0.29) is 18.3 Å². The molecule has 1 fully saturated rings. The van der Waals surface area contributed by atoms with Crippen LogP contribution in [0.2, 0.25) is 0 Å². The molecule has 1 aliphatic rings. The second-order valence-corrected chi connectivity index (χ2v) is 4.40. The lowest BCUT2D eigenvalue weighted by molar-refractivity contribution is -0.137. The van der Waals surface area contributed by atoms with Crippen molar-refractivity contribution >= 4 is 5.69 Å². The molecule has 5 heteroatoms. The molecule has 0 radical (unpaired) electrons. The van der Waals surface area contributed by atoms with Gasteiger partial charge in [0, 0.05) is 25.3 Å². The molecule has 0 atom stereocenters. The minimum absolute atomic E-state index is 0.122. The van der Waals surface area contributed by atoms with Gasteiger partial charge in [0.15, 0.2) is 0 Å². The molecule has 2 nitrogen and oxygen atoms in total. The van der Waals surface area contributed by atoms with Gasteiger partial charge in [0.25, 0.3) is 0 Å². The number of benzene rings is 1. The summed E-state index contributed by atoms with van der Waals surface area (Å²) in [5, 5.41) is 0. The lowest BCUT2D eigenvalue weighted by atomic mass is 10.1. The summed E-state index contributed by atoms with van der Waals surface area (Å²) < 4.78 is 38.8. The number of nitrogens with two attached hydrogens (primary N) is 1. The molecule has 0 unspecified atom stereocenters. The Kier molecular flexibility index (Phi) is 3.03. The minimum atomic E-state index is -4.33. The number of hydrogen-bond donors (Lipinski definition) is 1. The van der Waals surface area contributed by atoms with Crippen molar-refractivity contribution in [3.05, 3.63) is 29.3 Å². The third-order valence-corrected chi connectivity index (χ3v) is 3.08. The lowest BCUT2D eigenvalue weighted by Gasteiger charge is -2.23. The van der Waals surface area contributed by atoms with E-state index in [1.54, 1.807) is 18.0 Å². The quantitative estimate of drug-likeness (QED) is 0.885. The number of rotatable bonds is 3. The summed E-state index contributed by atoms with van der Waals surface area (Å²) in [5.41, 5.74) is 5.54. The number of halogens is 3. The average molecular weight is 244 g/mol. The fraction of sp³-hybridized carbons (Fsp3) is 0.500. The van der Waals surface area contributed by atoms with E-state index in [4.69, 9.17) is 5.73 Å². The number of nitrogens with zero attached hydrogens (tertiary/aromatic N) is 1. The first-order valence-electron chi connectivity index (χ1n) is 5.56. The minimum Gasteiger partial charge on any atom is -0.371 e. The summed E-state index contributed by atoms with van der Waals surface area (Å²) >= 11 is 0. The lowest BCUT2D eigenvalue weighted by Crippen LogP contribution is -2.23. The van der Waals surface area contributed by atoms with Crippen molar-refractivity contribution in [3.63, 3.8) is 0 Å². The molecule has 0 heterocycles. The summed E-state index contributed by atoms with van der Waals surface area (Å²) in [4.78, 5) is 1.71. The smallest absolute Gasteiger partial charge is 0.371 e. The first-order valence-corrected chi connectivity index (χ1v) is 5.56. The number of anilines is 1. The van der Waals surface area contributed by atoms with Crippen molar-refractivity contribution in [1.82, 2.24) is 0 Å². The Hall–Kier alpha value is -1.23. The monoisotopic (exact) mass is 244 g/mol. The first kappa shape index (κ1) is 12.2. The Morgan fingerprint density at radius 1 is 1.35 bits per heavy atom. The average Bonchev–Trinajstić information content (AvgIpc) is 3.10. The van der Waals surface area contributed by atoms with E-state index >= 15 is 0 Å². The van der Waals surface area contributed by atoms with Crippen LogP contribution in [0.25, 0.3) is 0 Å². The van der Waals surface area contributed by atoms with E-state index in [0.717, 1.165) is 18.9 Å². The van der Waals surface area contributed by atoms with Crippen LogP contribution in [-0.2, 0) is 12.7 Å². The standard InChI is InChI=1S/C12H15F3N2/c1-17(9-3-4-9)11-5-2-8(7-16)6-10(11)12(13,14)15/h2,5-6,9H,3-4,7,16H2,1H3. The Morgan fingerprint density at radius 3 is 2.47 bits per heavy atom. The molecule has 2 N–H and O–H groups in total. The van der Waals surface area contributed by atoms with Gasteiger partial charge in [-0.15, -0.1) is 0 Å². The first-order chi connectivity index (χ1) is 7.93. The Bertz CT molecular complexity index is 411. The van der Waals surface area contributed by atoms with Crippen molar-refractivity contribution < 1.29 is 13.2 Å². The van der Waals surface area contributed by atoms with E-state index in [2.05, 4.69) is 0 Å². The molecule has 1 aromatic carbocycles. The van der Waals surface area contributed by atoms with Crippen molar-refractivity contribution in [2.45, 2.75) is 31.6 Å². The Labute approximate surface area is 98.2 Å². The summed E-state index contributed by atoms with van der Waals surface area (Å²) in [7, 11) is 1.71. The van der Waals surface area contributed by atoms with Gasteiger partial charge in [0.1, 0.15) is 0 Å². The van der Waals surface area contributed by atoms with E-state index in [1.165, 1.54) is 6.07 Å². The van der Waals surface area contributed by atoms with Crippen LogP contribution < -0.4 is 10.6 Å². The van der Waals surface area contributed by atoms with Crippen LogP contribution >= 0.6 is 0 Å². The molecule has 2 rings (SSSR count). The predicted octanol–water partition coefficient (Wildman–Crippen LogP) is 2.76. The maximum absolute atomic E-state index is 12.9. The van der Waals surface area contributed by atoms with Crippen LogP contribution in [0.4, 0.5) is 18.9 Å². The van der Waals surface area contributed by atoms with Crippen LogP contribution in [0.1, 0.15) is 24.0 Å². The van der Waals surface area contributed by atoms with Gasteiger partial charge < -0.3 is 10.6 Å². The molecule has 0 aliphatic heterocycles. The van der Waals surface area contributed by atoms with Crippen molar-refractivity contribution in [2.75, 3.05) is 11.9 Å².